The largest absolute Gasteiger partial charge is 0.383 e. The van der Waals surface area contributed by atoms with Crippen molar-refractivity contribution < 1.29 is 4.74 Å². The van der Waals surface area contributed by atoms with Crippen LogP contribution >= 0.6 is 15.9 Å². The van der Waals surface area contributed by atoms with E-state index in [2.05, 4.69) is 27.8 Å². The van der Waals surface area contributed by atoms with Gasteiger partial charge in [0.25, 0.3) is 0 Å². The van der Waals surface area contributed by atoms with Crippen LogP contribution in [0.1, 0.15) is 6.92 Å². The molecule has 2 atom stereocenters. The molecule has 1 saturated heterocycles. The number of likely N-dealkylation sites (tertiary alicyclic amines) is 1. The fourth-order valence-electron chi connectivity index (χ4n) is 1.43. The summed E-state index contributed by atoms with van der Waals surface area (Å²) in [5, 5.41) is 0. The van der Waals surface area contributed by atoms with E-state index in [1.54, 1.807) is 7.11 Å². The van der Waals surface area contributed by atoms with Gasteiger partial charge in [-0.3, -0.25) is 4.90 Å². The Balaban J connectivity index is 2.18. The van der Waals surface area contributed by atoms with E-state index < -0.39 is 0 Å². The Hall–Kier alpha value is 0.400. The van der Waals surface area contributed by atoms with Crippen molar-refractivity contribution in [3.8, 4) is 0 Å². The summed E-state index contributed by atoms with van der Waals surface area (Å²) in [6, 6.07) is 0. The minimum Gasteiger partial charge on any atom is -0.383 e. The SMILES string of the molecule is COCCN1CC(C)C(Br)C1. The van der Waals surface area contributed by atoms with Gasteiger partial charge in [-0.05, 0) is 5.92 Å². The van der Waals surface area contributed by atoms with Crippen molar-refractivity contribution in [3.63, 3.8) is 0 Å². The highest BCUT2D eigenvalue weighted by atomic mass is 79.9. The van der Waals surface area contributed by atoms with Gasteiger partial charge in [0, 0.05) is 31.6 Å². The van der Waals surface area contributed by atoms with Gasteiger partial charge in [0.2, 0.25) is 0 Å². The first-order chi connectivity index (χ1) is 5.24. The van der Waals surface area contributed by atoms with Gasteiger partial charge in [-0.25, -0.2) is 0 Å². The molecule has 0 aromatic heterocycles. The molecule has 0 bridgehead atoms. The van der Waals surface area contributed by atoms with Crippen LogP contribution in [-0.2, 0) is 4.74 Å². The molecule has 1 heterocycles. The number of halogens is 1. The first kappa shape index (κ1) is 9.49. The number of ether oxygens (including phenoxy) is 1. The number of hydrogen-bond donors (Lipinski definition) is 0. The van der Waals surface area contributed by atoms with Gasteiger partial charge in [-0.2, -0.15) is 0 Å². The average molecular weight is 222 g/mol. The summed E-state index contributed by atoms with van der Waals surface area (Å²) in [4.78, 5) is 3.12. The van der Waals surface area contributed by atoms with E-state index in [1.165, 1.54) is 13.1 Å². The first-order valence-electron chi connectivity index (χ1n) is 4.09. The Morgan fingerprint density at radius 3 is 2.73 bits per heavy atom. The zero-order chi connectivity index (χ0) is 8.27. The van der Waals surface area contributed by atoms with Crippen molar-refractivity contribution in [2.45, 2.75) is 11.8 Å². The molecular weight excluding hydrogens is 206 g/mol. The van der Waals surface area contributed by atoms with Crippen molar-refractivity contribution in [1.82, 2.24) is 4.90 Å². The summed E-state index contributed by atoms with van der Waals surface area (Å²) in [5.74, 6) is 0.784. The number of hydrogen-bond acceptors (Lipinski definition) is 2. The fraction of sp³-hybridized carbons (Fsp3) is 1.00. The summed E-state index contributed by atoms with van der Waals surface area (Å²) in [6.45, 7) is 6.59. The molecule has 3 heteroatoms. The van der Waals surface area contributed by atoms with Crippen LogP contribution in [0.5, 0.6) is 0 Å². The van der Waals surface area contributed by atoms with Gasteiger partial charge < -0.3 is 4.74 Å². The van der Waals surface area contributed by atoms with Crippen molar-refractivity contribution in [2.75, 3.05) is 33.4 Å². The second-order valence-electron chi connectivity index (χ2n) is 3.25. The Labute approximate surface area is 77.0 Å². The monoisotopic (exact) mass is 221 g/mol. The quantitative estimate of drug-likeness (QED) is 0.668. The van der Waals surface area contributed by atoms with E-state index in [-0.39, 0.29) is 0 Å². The maximum absolute atomic E-state index is 5.02. The minimum absolute atomic E-state index is 0.680. The van der Waals surface area contributed by atoms with Gasteiger partial charge in [-0.1, -0.05) is 22.9 Å². The van der Waals surface area contributed by atoms with Gasteiger partial charge in [-0.15, -0.1) is 0 Å². The van der Waals surface area contributed by atoms with Crippen molar-refractivity contribution >= 4 is 15.9 Å². The lowest BCUT2D eigenvalue weighted by Gasteiger charge is -2.13. The molecule has 2 unspecified atom stereocenters. The van der Waals surface area contributed by atoms with E-state index >= 15 is 0 Å². The van der Waals surface area contributed by atoms with Gasteiger partial charge in [0.1, 0.15) is 0 Å². The number of nitrogens with zero attached hydrogens (tertiary/aromatic N) is 1. The third-order valence-corrected chi connectivity index (χ3v) is 3.40. The van der Waals surface area contributed by atoms with Gasteiger partial charge in [0.05, 0.1) is 6.61 Å². The normalized spacial score (nSPS) is 33.0. The summed E-state index contributed by atoms with van der Waals surface area (Å²) < 4.78 is 5.02. The topological polar surface area (TPSA) is 12.5 Å². The maximum Gasteiger partial charge on any atom is 0.0589 e. The van der Waals surface area contributed by atoms with Crippen LogP contribution in [0.4, 0.5) is 0 Å². The van der Waals surface area contributed by atoms with E-state index in [1.807, 2.05) is 0 Å². The van der Waals surface area contributed by atoms with E-state index in [4.69, 9.17) is 4.74 Å². The van der Waals surface area contributed by atoms with Gasteiger partial charge in [0.15, 0.2) is 0 Å². The van der Waals surface area contributed by atoms with Crippen LogP contribution in [0.15, 0.2) is 0 Å². The highest BCUT2D eigenvalue weighted by molar-refractivity contribution is 9.09. The molecule has 11 heavy (non-hydrogen) atoms. The Morgan fingerprint density at radius 1 is 1.55 bits per heavy atom. The second kappa shape index (κ2) is 4.43. The summed E-state index contributed by atoms with van der Waals surface area (Å²) in [5.41, 5.74) is 0. The van der Waals surface area contributed by atoms with Crippen molar-refractivity contribution in [3.05, 3.63) is 0 Å². The van der Waals surface area contributed by atoms with Crippen LogP contribution in [-0.4, -0.2) is 43.1 Å². The molecule has 0 aromatic carbocycles. The van der Waals surface area contributed by atoms with Crippen LogP contribution in [0.25, 0.3) is 0 Å². The minimum atomic E-state index is 0.680. The van der Waals surface area contributed by atoms with E-state index in [9.17, 15) is 0 Å². The molecule has 0 aliphatic carbocycles. The molecule has 1 fully saturated rings. The number of rotatable bonds is 3. The summed E-state index contributed by atoms with van der Waals surface area (Å²) >= 11 is 3.65. The van der Waals surface area contributed by atoms with Crippen molar-refractivity contribution in [2.24, 2.45) is 5.92 Å². The molecule has 1 rings (SSSR count). The Kier molecular flexibility index (Phi) is 3.82. The van der Waals surface area contributed by atoms with E-state index in [0.717, 1.165) is 19.1 Å². The molecule has 0 N–H and O–H groups in total. The molecule has 0 saturated carbocycles. The molecule has 66 valence electrons. The average Bonchev–Trinajstić information content (AvgIpc) is 2.28. The van der Waals surface area contributed by atoms with E-state index in [0.29, 0.717) is 4.83 Å². The first-order valence-corrected chi connectivity index (χ1v) is 5.01. The fourth-order valence-corrected chi connectivity index (χ4v) is 2.00. The number of alkyl halides is 1. The Morgan fingerprint density at radius 2 is 2.27 bits per heavy atom. The summed E-state index contributed by atoms with van der Waals surface area (Å²) in [6.07, 6.45) is 0. The molecule has 0 aromatic rings. The molecule has 1 aliphatic heterocycles. The van der Waals surface area contributed by atoms with Crippen LogP contribution in [0.2, 0.25) is 0 Å². The standard InChI is InChI=1S/C8H16BrNO/c1-7-5-10(3-4-11-2)6-8(7)9/h7-8H,3-6H2,1-2H3. The molecular formula is C8H16BrNO. The second-order valence-corrected chi connectivity index (χ2v) is 4.42. The third kappa shape index (κ3) is 2.73. The molecule has 2 nitrogen and oxygen atoms in total. The number of methoxy groups -OCH3 is 1. The zero-order valence-electron chi connectivity index (χ0n) is 7.22. The predicted molar refractivity (Wildman–Crippen MR) is 50.2 cm³/mol. The Bertz CT molecular complexity index is 111. The maximum atomic E-state index is 5.02. The smallest absolute Gasteiger partial charge is 0.0589 e. The molecule has 0 amide bonds. The van der Waals surface area contributed by atoms with Gasteiger partial charge >= 0.3 is 0 Å². The highest BCUT2D eigenvalue weighted by Gasteiger charge is 2.26. The predicted octanol–water partition coefficient (Wildman–Crippen LogP) is 1.35. The van der Waals surface area contributed by atoms with Crippen LogP contribution in [0, 0.1) is 5.92 Å². The zero-order valence-corrected chi connectivity index (χ0v) is 8.80. The highest BCUT2D eigenvalue weighted by Crippen LogP contribution is 2.22. The lowest BCUT2D eigenvalue weighted by Crippen LogP contribution is -2.25. The summed E-state index contributed by atoms with van der Waals surface area (Å²) in [7, 11) is 1.76. The lowest BCUT2D eigenvalue weighted by atomic mass is 10.2. The third-order valence-electron chi connectivity index (χ3n) is 2.21. The molecule has 0 spiro atoms. The molecule has 1 aliphatic rings. The van der Waals surface area contributed by atoms with Crippen molar-refractivity contribution in [1.29, 1.82) is 0 Å². The van der Waals surface area contributed by atoms with Crippen LogP contribution < -0.4 is 0 Å². The molecule has 0 radical (unpaired) electrons. The lowest BCUT2D eigenvalue weighted by molar-refractivity contribution is 0.159. The van der Waals surface area contributed by atoms with Crippen LogP contribution in [0.3, 0.4) is 0 Å².